The molecule has 162 valence electrons. The number of rotatable bonds is 2. The molecule has 0 fully saturated rings. The number of aryl methyl sites for hydroxylation is 1. The van der Waals surface area contributed by atoms with Crippen LogP contribution in [0.1, 0.15) is 16.7 Å². The minimum Gasteiger partial charge on any atom is -0.351 e. The third-order valence-corrected chi connectivity index (χ3v) is 6.62. The van der Waals surface area contributed by atoms with Gasteiger partial charge in [-0.1, -0.05) is 60.7 Å². The van der Waals surface area contributed by atoms with Gasteiger partial charge in [-0.2, -0.15) is 9.66 Å². The largest absolute Gasteiger partial charge is 0.351 e. The van der Waals surface area contributed by atoms with E-state index in [9.17, 15) is 5.26 Å². The quantitative estimate of drug-likeness (QED) is 0.318. The van der Waals surface area contributed by atoms with Crippen molar-refractivity contribution in [3.63, 3.8) is 0 Å². The molecular formula is C30H23N4+. The van der Waals surface area contributed by atoms with Gasteiger partial charge in [0.05, 0.1) is 7.05 Å². The van der Waals surface area contributed by atoms with Crippen LogP contribution in [0.2, 0.25) is 0 Å². The molecule has 0 bridgehead atoms. The number of pyridine rings is 1. The van der Waals surface area contributed by atoms with Crippen LogP contribution in [0.25, 0.3) is 39.6 Å². The van der Waals surface area contributed by atoms with Crippen LogP contribution in [-0.4, -0.2) is 11.4 Å². The van der Waals surface area contributed by atoms with Crippen molar-refractivity contribution in [3.05, 3.63) is 114 Å². The minimum absolute atomic E-state index is 0.663. The lowest BCUT2D eigenvalue weighted by atomic mass is 9.96. The Morgan fingerprint density at radius 2 is 1.65 bits per heavy atom. The van der Waals surface area contributed by atoms with E-state index in [0.717, 1.165) is 50.3 Å². The number of hydrogen-bond donors (Lipinski definition) is 0. The van der Waals surface area contributed by atoms with Crippen LogP contribution in [0.4, 0.5) is 5.69 Å². The lowest BCUT2D eigenvalue weighted by Crippen LogP contribution is -2.28. The van der Waals surface area contributed by atoms with Gasteiger partial charge >= 0.3 is 5.65 Å². The standard InChI is InChI=1S/C30H23N4/c1-32-17-16-22(24-12-6-7-13-26(24)32)18-23-19-29(21-10-4-3-5-11-21)34-28-15-9-8-14-27(28)33(2)30(34)25(23)20-31/h3-19H,1-2H3/q+1. The topological polar surface area (TPSA) is 35.3 Å². The van der Waals surface area contributed by atoms with E-state index in [1.807, 2.05) is 25.2 Å². The fourth-order valence-electron chi connectivity index (χ4n) is 4.98. The number of nitrogens with zero attached hydrogens (tertiary/aromatic N) is 4. The highest BCUT2D eigenvalue weighted by atomic mass is 15.1. The van der Waals surface area contributed by atoms with Gasteiger partial charge in [-0.05, 0) is 42.0 Å². The van der Waals surface area contributed by atoms with Crippen molar-refractivity contribution in [1.29, 1.82) is 5.26 Å². The highest BCUT2D eigenvalue weighted by Gasteiger charge is 2.26. The monoisotopic (exact) mass is 439 g/mol. The molecule has 0 atom stereocenters. The number of nitriles is 1. The second-order valence-electron chi connectivity index (χ2n) is 8.59. The Morgan fingerprint density at radius 1 is 0.912 bits per heavy atom. The number of imidazole rings is 1. The maximum atomic E-state index is 10.4. The lowest BCUT2D eigenvalue weighted by Gasteiger charge is -2.23. The Bertz CT molecular complexity index is 1680. The van der Waals surface area contributed by atoms with Gasteiger partial charge in [0, 0.05) is 35.6 Å². The molecule has 1 aliphatic rings. The second kappa shape index (κ2) is 7.75. The Hall–Kier alpha value is -4.62. The summed E-state index contributed by atoms with van der Waals surface area (Å²) in [6.07, 6.45) is 6.33. The van der Waals surface area contributed by atoms with Crippen molar-refractivity contribution in [2.45, 2.75) is 0 Å². The fraction of sp³-hybridized carbons (Fsp3) is 0.0667. The zero-order valence-corrected chi connectivity index (χ0v) is 19.1. The molecule has 6 rings (SSSR count). The maximum Gasteiger partial charge on any atom is 0.306 e. The van der Waals surface area contributed by atoms with Gasteiger partial charge in [0.25, 0.3) is 0 Å². The van der Waals surface area contributed by atoms with Crippen LogP contribution < -0.4 is 9.47 Å². The molecule has 34 heavy (non-hydrogen) atoms. The number of allylic oxidation sites excluding steroid dienone is 2. The lowest BCUT2D eigenvalue weighted by molar-refractivity contribution is -0.618. The van der Waals surface area contributed by atoms with Gasteiger partial charge in [-0.25, -0.2) is 4.57 Å². The number of benzene rings is 3. The van der Waals surface area contributed by atoms with Gasteiger partial charge in [-0.15, -0.1) is 0 Å². The molecule has 4 heteroatoms. The molecular weight excluding hydrogens is 416 g/mol. The van der Waals surface area contributed by atoms with Crippen molar-refractivity contribution in [2.75, 3.05) is 11.9 Å². The molecule has 0 radical (unpaired) electrons. The Balaban J connectivity index is 1.73. The molecule has 0 aliphatic carbocycles. The fourth-order valence-corrected chi connectivity index (χ4v) is 4.98. The molecule has 0 saturated carbocycles. The second-order valence-corrected chi connectivity index (χ2v) is 8.59. The maximum absolute atomic E-state index is 10.4. The summed E-state index contributed by atoms with van der Waals surface area (Å²) in [4.78, 5) is 2.12. The number of para-hydroxylation sites is 3. The molecule has 2 aromatic heterocycles. The first-order valence-electron chi connectivity index (χ1n) is 11.3. The summed E-state index contributed by atoms with van der Waals surface area (Å²) >= 11 is 0. The summed E-state index contributed by atoms with van der Waals surface area (Å²) in [6.45, 7) is 0. The SMILES string of the molecule is CN1C=C/C(=C\c2cc(-c3ccccc3)n3c4ccccc4[n+](C)c3c2C#N)c2ccccc21. The van der Waals surface area contributed by atoms with E-state index in [1.54, 1.807) is 0 Å². The van der Waals surface area contributed by atoms with Gasteiger partial charge in [0.1, 0.15) is 17.3 Å². The Labute approximate surface area is 198 Å². The molecule has 5 aromatic rings. The van der Waals surface area contributed by atoms with Crippen LogP contribution in [-0.2, 0) is 7.05 Å². The molecule has 0 N–H and O–H groups in total. The number of anilines is 1. The average molecular weight is 440 g/mol. The van der Waals surface area contributed by atoms with Crippen molar-refractivity contribution >= 4 is 34.0 Å². The van der Waals surface area contributed by atoms with E-state index >= 15 is 0 Å². The first-order chi connectivity index (χ1) is 16.7. The number of fused-ring (bicyclic) bond motifs is 4. The predicted octanol–water partition coefficient (Wildman–Crippen LogP) is 5.96. The van der Waals surface area contributed by atoms with Crippen molar-refractivity contribution < 1.29 is 4.57 Å². The third-order valence-electron chi connectivity index (χ3n) is 6.62. The zero-order valence-electron chi connectivity index (χ0n) is 19.1. The van der Waals surface area contributed by atoms with E-state index in [0.29, 0.717) is 5.56 Å². The highest BCUT2D eigenvalue weighted by molar-refractivity contribution is 5.96. The molecule has 0 amide bonds. The molecule has 4 nitrogen and oxygen atoms in total. The van der Waals surface area contributed by atoms with Crippen LogP contribution in [0.15, 0.2) is 97.2 Å². The summed E-state index contributed by atoms with van der Waals surface area (Å²) in [6, 6.07) is 31.7. The molecule has 0 spiro atoms. The van der Waals surface area contributed by atoms with Gasteiger partial charge in [-0.3, -0.25) is 0 Å². The van der Waals surface area contributed by atoms with Crippen LogP contribution in [0, 0.1) is 11.3 Å². The minimum atomic E-state index is 0.663. The van der Waals surface area contributed by atoms with Gasteiger partial charge in [0.15, 0.2) is 11.0 Å². The van der Waals surface area contributed by atoms with Crippen molar-refractivity contribution in [3.8, 4) is 17.3 Å². The van der Waals surface area contributed by atoms with Crippen molar-refractivity contribution in [2.24, 2.45) is 7.05 Å². The van der Waals surface area contributed by atoms with E-state index in [4.69, 9.17) is 0 Å². The van der Waals surface area contributed by atoms with E-state index < -0.39 is 0 Å². The molecule has 3 heterocycles. The first kappa shape index (κ1) is 20.0. The van der Waals surface area contributed by atoms with Gasteiger partial charge < -0.3 is 4.90 Å². The summed E-state index contributed by atoms with van der Waals surface area (Å²) < 4.78 is 4.34. The van der Waals surface area contributed by atoms with Crippen LogP contribution in [0.3, 0.4) is 0 Å². The summed E-state index contributed by atoms with van der Waals surface area (Å²) in [5, 5.41) is 10.4. The first-order valence-corrected chi connectivity index (χ1v) is 11.3. The van der Waals surface area contributed by atoms with E-state index in [1.165, 1.54) is 0 Å². The van der Waals surface area contributed by atoms with Crippen LogP contribution in [0.5, 0.6) is 0 Å². The highest BCUT2D eigenvalue weighted by Crippen LogP contribution is 2.35. The molecule has 0 saturated heterocycles. The Kier molecular flexibility index (Phi) is 4.57. The predicted molar refractivity (Wildman–Crippen MR) is 138 cm³/mol. The molecule has 1 aliphatic heterocycles. The van der Waals surface area contributed by atoms with Crippen molar-refractivity contribution in [1.82, 2.24) is 4.40 Å². The summed E-state index contributed by atoms with van der Waals surface area (Å²) in [5.74, 6) is 0. The molecule has 3 aromatic carbocycles. The number of aromatic nitrogens is 2. The summed E-state index contributed by atoms with van der Waals surface area (Å²) in [7, 11) is 4.09. The van der Waals surface area contributed by atoms with E-state index in [-0.39, 0.29) is 0 Å². The zero-order chi connectivity index (χ0) is 23.2. The number of hydrogen-bond acceptors (Lipinski definition) is 2. The average Bonchev–Trinajstić information content (AvgIpc) is 3.18. The summed E-state index contributed by atoms with van der Waals surface area (Å²) in [5.41, 5.74) is 10.2. The van der Waals surface area contributed by atoms with E-state index in [2.05, 4.69) is 112 Å². The third kappa shape index (κ3) is 2.95. The normalized spacial score (nSPS) is 14.0. The van der Waals surface area contributed by atoms with Gasteiger partial charge in [0.2, 0.25) is 0 Å². The smallest absolute Gasteiger partial charge is 0.306 e. The molecule has 0 unspecified atom stereocenters. The van der Waals surface area contributed by atoms with Crippen LogP contribution >= 0.6 is 0 Å². The Morgan fingerprint density at radius 3 is 2.47 bits per heavy atom.